The lowest BCUT2D eigenvalue weighted by Crippen LogP contribution is -2.87. The Balaban J connectivity index is 1.40. The fourth-order valence-corrected chi connectivity index (χ4v) is 7.18. The molecule has 0 aromatic heterocycles. The Morgan fingerprint density at radius 3 is 2.20 bits per heavy atom. The smallest absolute Gasteiger partial charge is 0.213 e. The second-order valence-electron chi connectivity index (χ2n) is 13.3. The number of fused-ring (bicyclic) bond motifs is 1. The van der Waals surface area contributed by atoms with Crippen LogP contribution in [-0.2, 0) is 38.0 Å². The first-order chi connectivity index (χ1) is 24.0. The number of rotatable bonds is 12. The van der Waals surface area contributed by atoms with E-state index >= 15 is 0 Å². The number of aliphatic hydroxyl groups excluding tert-OH is 10. The van der Waals surface area contributed by atoms with Gasteiger partial charge in [0.05, 0.1) is 44.3 Å². The van der Waals surface area contributed by atoms with Gasteiger partial charge in [-0.1, -0.05) is 6.58 Å². The summed E-state index contributed by atoms with van der Waals surface area (Å²) >= 11 is 0. The van der Waals surface area contributed by atoms with Gasteiger partial charge < -0.3 is 104 Å². The molecule has 0 amide bonds. The maximum atomic E-state index is 12.7. The van der Waals surface area contributed by atoms with Gasteiger partial charge in [-0.25, -0.2) is 0 Å². The number of aliphatic carboxylic acids is 1. The fourth-order valence-electron chi connectivity index (χ4n) is 7.18. The minimum absolute atomic E-state index is 0.120. The molecule has 4 saturated heterocycles. The van der Waals surface area contributed by atoms with Gasteiger partial charge in [-0.2, -0.15) is 0 Å². The number of hydrogen-bond donors (Lipinski definition) is 11. The van der Waals surface area contributed by atoms with Crippen LogP contribution in [0.15, 0.2) is 24.6 Å². The Morgan fingerprint density at radius 1 is 0.961 bits per heavy atom. The Kier molecular flexibility index (Phi) is 12.0. The van der Waals surface area contributed by atoms with E-state index in [4.69, 9.17) is 33.2 Å². The van der Waals surface area contributed by atoms with Crippen molar-refractivity contribution in [2.24, 2.45) is 0 Å². The fraction of sp³-hybridized carbons (Fsp3) is 0.833. The topological polar surface area (TPSA) is 331 Å². The van der Waals surface area contributed by atoms with Crippen molar-refractivity contribution >= 4 is 5.97 Å². The zero-order valence-electron chi connectivity index (χ0n) is 27.5. The molecule has 19 atom stereocenters. The van der Waals surface area contributed by atoms with E-state index in [-0.39, 0.29) is 5.70 Å². The molecule has 5 aliphatic rings. The van der Waals surface area contributed by atoms with E-state index in [0.29, 0.717) is 0 Å². The van der Waals surface area contributed by atoms with Crippen LogP contribution in [0.1, 0.15) is 20.3 Å². The maximum Gasteiger partial charge on any atom is 0.213 e. The van der Waals surface area contributed by atoms with Crippen LogP contribution in [0.5, 0.6) is 0 Å². The highest BCUT2D eigenvalue weighted by Gasteiger charge is 2.71. The summed E-state index contributed by atoms with van der Waals surface area (Å²) in [5.41, 5.74) is -2.40. The van der Waals surface area contributed by atoms with E-state index in [1.54, 1.807) is 0 Å². The molecule has 5 aliphatic heterocycles. The SMILES string of the molecule is C=C(C)N1C2C(O[C@@](O[C@H]3C(O)C(CO)O[C@@H](O[C@H]4C(O[C@@H]5O[C@@H](C)C(O)C(O)C5O)C=COC4CO)C3O)(C(=O)[O-])C[C@H]2O)[C@]1(O)[C@H](O)CO. The van der Waals surface area contributed by atoms with Crippen LogP contribution in [0, 0.1) is 0 Å². The quantitative estimate of drug-likeness (QED) is 0.0885. The lowest BCUT2D eigenvalue weighted by Gasteiger charge is -2.67. The maximum absolute atomic E-state index is 12.7. The molecule has 51 heavy (non-hydrogen) atoms. The number of nitrogens with zero attached hydrogens (tertiary/aromatic N) is 1. The molecular weight excluding hydrogens is 694 g/mol. The number of carboxylic acid groups (broad SMARTS) is 1. The van der Waals surface area contributed by atoms with Crippen molar-refractivity contribution in [2.45, 2.75) is 136 Å². The van der Waals surface area contributed by atoms with Gasteiger partial charge in [0, 0.05) is 12.1 Å². The van der Waals surface area contributed by atoms with E-state index in [9.17, 15) is 66.1 Å². The van der Waals surface area contributed by atoms with E-state index in [1.807, 2.05) is 0 Å². The minimum atomic E-state index is -3.04. The Morgan fingerprint density at radius 2 is 1.61 bits per heavy atom. The second kappa shape index (κ2) is 15.3. The van der Waals surface area contributed by atoms with E-state index in [2.05, 4.69) is 6.58 Å². The Bertz CT molecular complexity index is 1280. The second-order valence-corrected chi connectivity index (χ2v) is 13.3. The summed E-state index contributed by atoms with van der Waals surface area (Å²) in [6.45, 7) is 3.83. The molecule has 0 aromatic carbocycles. The molecule has 5 rings (SSSR count). The summed E-state index contributed by atoms with van der Waals surface area (Å²) in [6, 6.07) is -1.19. The molecule has 0 aromatic rings. The predicted molar refractivity (Wildman–Crippen MR) is 158 cm³/mol. The predicted octanol–water partition coefficient (Wildman–Crippen LogP) is -7.83. The summed E-state index contributed by atoms with van der Waals surface area (Å²) < 4.78 is 39.6. The number of ether oxygens (including phenoxy) is 7. The third-order valence-electron chi connectivity index (χ3n) is 9.92. The number of allylic oxidation sites excluding steroid dienone is 1. The molecule has 21 heteroatoms. The molecule has 21 nitrogen and oxygen atoms in total. The van der Waals surface area contributed by atoms with E-state index in [1.165, 1.54) is 19.9 Å². The molecule has 0 aliphatic carbocycles. The van der Waals surface area contributed by atoms with Crippen LogP contribution in [-0.4, -0.2) is 202 Å². The normalized spacial score (nSPS) is 49.0. The first kappa shape index (κ1) is 40.1. The number of carbonyl (C=O) groups is 1. The van der Waals surface area contributed by atoms with Crippen molar-refractivity contribution < 1.29 is 99.2 Å². The average molecular weight is 741 g/mol. The standard InChI is InChI=1S/C30H47NO20/c1-10(2)31-17-12(35)6-29(28(42)43,51-25(17)30(31,44)16(36)9-34)50-24-19(38)14(7-32)48-27(22(24)41)49-23-13(4-5-45-15(23)8-33)47-26-21(40)20(39)18(37)11(3)46-26/h4-5,11-27,32-41,44H,1,6-9H2,2-3H3,(H,42,43)/p-1/t11-,12+,13?,14?,15?,16+,17?,18?,19?,20?,21?,22?,23-,24-,25?,26-,27-,29+,30+/m0/s1. The van der Waals surface area contributed by atoms with Crippen molar-refractivity contribution in [2.75, 3.05) is 19.8 Å². The van der Waals surface area contributed by atoms with Crippen LogP contribution in [0.4, 0.5) is 0 Å². The first-order valence-electron chi connectivity index (χ1n) is 16.2. The summed E-state index contributed by atoms with van der Waals surface area (Å²) in [7, 11) is 0. The molecule has 5 heterocycles. The Labute approximate surface area is 290 Å². The van der Waals surface area contributed by atoms with Gasteiger partial charge in [0.2, 0.25) is 5.79 Å². The van der Waals surface area contributed by atoms with Gasteiger partial charge in [0.1, 0.15) is 79.2 Å². The zero-order valence-corrected chi connectivity index (χ0v) is 27.5. The van der Waals surface area contributed by atoms with Crippen LogP contribution in [0.25, 0.3) is 0 Å². The van der Waals surface area contributed by atoms with Gasteiger partial charge in [0.25, 0.3) is 0 Å². The third-order valence-corrected chi connectivity index (χ3v) is 9.92. The van der Waals surface area contributed by atoms with Crippen molar-refractivity contribution in [3.63, 3.8) is 0 Å². The van der Waals surface area contributed by atoms with Gasteiger partial charge >= 0.3 is 0 Å². The van der Waals surface area contributed by atoms with Gasteiger partial charge in [-0.05, 0) is 19.9 Å². The lowest BCUT2D eigenvalue weighted by molar-refractivity contribution is -0.448. The lowest BCUT2D eigenvalue weighted by atomic mass is 9.74. The van der Waals surface area contributed by atoms with E-state index in [0.717, 1.165) is 11.2 Å². The number of hydrogen-bond acceptors (Lipinski definition) is 21. The van der Waals surface area contributed by atoms with Crippen molar-refractivity contribution in [1.29, 1.82) is 0 Å². The van der Waals surface area contributed by atoms with Crippen LogP contribution < -0.4 is 5.11 Å². The Hall–Kier alpha value is -2.13. The number of aliphatic hydroxyl groups is 11. The molecule has 0 bridgehead atoms. The molecule has 0 radical (unpaired) electrons. The summed E-state index contributed by atoms with van der Waals surface area (Å²) in [5.74, 6) is -5.17. The molecular formula is C30H46NO20-. The number of carbonyl (C=O) groups excluding carboxylic acids is 1. The van der Waals surface area contributed by atoms with Crippen LogP contribution >= 0.6 is 0 Å². The van der Waals surface area contributed by atoms with Crippen molar-refractivity contribution in [3.05, 3.63) is 24.6 Å². The summed E-state index contributed by atoms with van der Waals surface area (Å²) in [5, 5.41) is 129. The third kappa shape index (κ3) is 6.89. The zero-order chi connectivity index (χ0) is 37.7. The monoisotopic (exact) mass is 740 g/mol. The average Bonchev–Trinajstić information content (AvgIpc) is 3.09. The highest BCUT2D eigenvalue weighted by molar-refractivity contribution is 5.74. The summed E-state index contributed by atoms with van der Waals surface area (Å²) in [6.07, 6.45) is -25.1. The van der Waals surface area contributed by atoms with Crippen LogP contribution in [0.3, 0.4) is 0 Å². The van der Waals surface area contributed by atoms with Crippen molar-refractivity contribution in [3.8, 4) is 0 Å². The minimum Gasteiger partial charge on any atom is -0.544 e. The largest absolute Gasteiger partial charge is 0.544 e. The summed E-state index contributed by atoms with van der Waals surface area (Å²) in [4.78, 5) is 13.7. The molecule has 11 N–H and O–H groups in total. The van der Waals surface area contributed by atoms with Gasteiger partial charge in [-0.15, -0.1) is 0 Å². The van der Waals surface area contributed by atoms with Crippen molar-refractivity contribution in [1.82, 2.24) is 4.90 Å². The number of likely N-dealkylation sites (tertiary alicyclic amines) is 1. The highest BCUT2D eigenvalue weighted by Crippen LogP contribution is 2.51. The molecule has 0 spiro atoms. The van der Waals surface area contributed by atoms with Gasteiger partial charge in [0.15, 0.2) is 18.3 Å². The van der Waals surface area contributed by atoms with Crippen LogP contribution in [0.2, 0.25) is 0 Å². The van der Waals surface area contributed by atoms with E-state index < -0.39 is 148 Å². The molecule has 0 saturated carbocycles. The molecule has 292 valence electrons. The first-order valence-corrected chi connectivity index (χ1v) is 16.2. The highest BCUT2D eigenvalue weighted by atomic mass is 16.8. The number of carboxylic acids is 1. The molecule has 4 fully saturated rings. The van der Waals surface area contributed by atoms with Gasteiger partial charge in [-0.3, -0.25) is 0 Å². The molecule has 10 unspecified atom stereocenters.